The molecule has 3 heterocycles. The maximum Gasteiger partial charge on any atom is 0.267 e. The van der Waals surface area contributed by atoms with Gasteiger partial charge in [0.1, 0.15) is 4.88 Å². The first-order valence-corrected chi connectivity index (χ1v) is 12.7. The molecule has 36 heavy (non-hydrogen) atoms. The van der Waals surface area contributed by atoms with Gasteiger partial charge in [0, 0.05) is 31.7 Å². The number of piperazine rings is 1. The number of halogens is 1. The van der Waals surface area contributed by atoms with Crippen molar-refractivity contribution in [1.29, 1.82) is 0 Å². The van der Waals surface area contributed by atoms with E-state index in [9.17, 15) is 4.79 Å². The number of aromatic nitrogens is 4. The third-order valence-corrected chi connectivity index (χ3v) is 7.08. The maximum atomic E-state index is 12.8. The number of benzene rings is 2. The topological polar surface area (TPSA) is 99.2 Å². The van der Waals surface area contributed by atoms with E-state index in [1.54, 1.807) is 6.07 Å². The highest BCUT2D eigenvalue weighted by Gasteiger charge is 2.20. The number of aryl methyl sites for hydroxylation is 1. The normalized spacial score (nSPS) is 14.0. The van der Waals surface area contributed by atoms with Crippen molar-refractivity contribution in [3.8, 4) is 11.4 Å². The highest BCUT2D eigenvalue weighted by molar-refractivity contribution is 7.17. The Hall–Kier alpha value is -3.60. The van der Waals surface area contributed by atoms with E-state index in [0.717, 1.165) is 37.3 Å². The van der Waals surface area contributed by atoms with Gasteiger partial charge in [-0.15, -0.1) is 0 Å². The second kappa shape index (κ2) is 10.6. The number of nitrogens with zero attached hydrogens (tertiary/aromatic N) is 6. The first kappa shape index (κ1) is 24.1. The van der Waals surface area contributed by atoms with Crippen LogP contribution < -0.4 is 15.5 Å². The van der Waals surface area contributed by atoms with Crippen LogP contribution in [0.3, 0.4) is 0 Å². The van der Waals surface area contributed by atoms with Crippen LogP contribution in [0, 0.1) is 6.92 Å². The molecule has 11 heteroatoms. The number of amides is 1. The summed E-state index contributed by atoms with van der Waals surface area (Å²) in [5, 5.41) is 7.04. The third kappa shape index (κ3) is 5.46. The lowest BCUT2D eigenvalue weighted by atomic mass is 10.2. The van der Waals surface area contributed by atoms with Gasteiger partial charge in [0.2, 0.25) is 11.9 Å². The van der Waals surface area contributed by atoms with Crippen LogP contribution in [-0.4, -0.2) is 64.0 Å². The molecule has 0 atom stereocenters. The summed E-state index contributed by atoms with van der Waals surface area (Å²) in [4.78, 5) is 36.1. The Morgan fingerprint density at radius 3 is 2.53 bits per heavy atom. The fourth-order valence-electron chi connectivity index (χ4n) is 3.78. The number of carbonyl (C=O) groups excluding carboxylic acids is 1. The molecule has 1 fully saturated rings. The zero-order chi connectivity index (χ0) is 25.1. The lowest BCUT2D eigenvalue weighted by Gasteiger charge is -2.32. The minimum atomic E-state index is -0.282. The van der Waals surface area contributed by atoms with E-state index in [1.165, 1.54) is 17.5 Å². The monoisotopic (exact) mass is 520 g/mol. The molecule has 0 saturated carbocycles. The first-order chi connectivity index (χ1) is 17.5. The van der Waals surface area contributed by atoms with Crippen LogP contribution >= 0.6 is 22.9 Å². The van der Waals surface area contributed by atoms with Crippen LogP contribution in [0.2, 0.25) is 5.02 Å². The van der Waals surface area contributed by atoms with Crippen LogP contribution in [-0.2, 0) is 0 Å². The summed E-state index contributed by atoms with van der Waals surface area (Å²) < 4.78 is 0. The molecule has 9 nitrogen and oxygen atoms in total. The van der Waals surface area contributed by atoms with Gasteiger partial charge in [-0.3, -0.25) is 10.1 Å². The number of carbonyl (C=O) groups is 1. The quantitative estimate of drug-likeness (QED) is 0.377. The molecule has 1 aliphatic rings. The zero-order valence-electron chi connectivity index (χ0n) is 19.9. The molecular formula is C25H25ClN8OS. The number of thiazole rings is 1. The van der Waals surface area contributed by atoms with Gasteiger partial charge in [-0.2, -0.15) is 15.0 Å². The molecule has 2 N–H and O–H groups in total. The smallest absolute Gasteiger partial charge is 0.267 e. The second-order valence-corrected chi connectivity index (χ2v) is 9.92. The predicted molar refractivity (Wildman–Crippen MR) is 145 cm³/mol. The van der Waals surface area contributed by atoms with Crippen LogP contribution in [0.4, 0.5) is 22.7 Å². The van der Waals surface area contributed by atoms with E-state index in [2.05, 4.69) is 42.4 Å². The SMILES string of the molecule is Cc1cccc(Cl)c1NC(=O)c1cnc(Nc2nc(-c3ccccc3)nc(N3CCN(C)CC3)n2)s1. The van der Waals surface area contributed by atoms with E-state index in [-0.39, 0.29) is 5.91 Å². The Labute approximate surface area is 218 Å². The Kier molecular flexibility index (Phi) is 7.08. The molecule has 0 radical (unpaired) electrons. The number of hydrogen-bond donors (Lipinski definition) is 2. The standard InChI is InChI=1S/C25H25ClN8OS/c1-16-7-6-10-18(26)20(16)28-22(35)19-15-27-25(36-19)32-23-29-21(17-8-4-3-5-9-17)30-24(31-23)34-13-11-33(2)12-14-34/h3-10,15H,11-14H2,1-2H3,(H,28,35)(H,27,29,30,31,32). The Balaban J connectivity index is 1.39. The minimum absolute atomic E-state index is 0.282. The summed E-state index contributed by atoms with van der Waals surface area (Å²) in [5.41, 5.74) is 2.37. The molecule has 2 aromatic carbocycles. The summed E-state index contributed by atoms with van der Waals surface area (Å²) in [6, 6.07) is 15.3. The molecule has 1 amide bonds. The highest BCUT2D eigenvalue weighted by Crippen LogP contribution is 2.28. The lowest BCUT2D eigenvalue weighted by Crippen LogP contribution is -2.45. The zero-order valence-corrected chi connectivity index (χ0v) is 21.5. The summed E-state index contributed by atoms with van der Waals surface area (Å²) in [5.74, 6) is 1.28. The summed E-state index contributed by atoms with van der Waals surface area (Å²) in [6.07, 6.45) is 1.52. The highest BCUT2D eigenvalue weighted by atomic mass is 35.5. The minimum Gasteiger partial charge on any atom is -0.338 e. The third-order valence-electron chi connectivity index (χ3n) is 5.85. The van der Waals surface area contributed by atoms with Crippen molar-refractivity contribution >= 4 is 51.6 Å². The van der Waals surface area contributed by atoms with E-state index in [4.69, 9.17) is 16.6 Å². The molecule has 4 aromatic rings. The molecule has 0 aliphatic carbocycles. The van der Waals surface area contributed by atoms with E-state index in [0.29, 0.717) is 38.4 Å². The molecule has 1 saturated heterocycles. The molecular weight excluding hydrogens is 496 g/mol. The lowest BCUT2D eigenvalue weighted by molar-refractivity contribution is 0.103. The number of hydrogen-bond acceptors (Lipinski definition) is 9. The summed E-state index contributed by atoms with van der Waals surface area (Å²) in [7, 11) is 2.11. The van der Waals surface area contributed by atoms with Gasteiger partial charge in [0.05, 0.1) is 16.9 Å². The van der Waals surface area contributed by atoms with Crippen LogP contribution in [0.15, 0.2) is 54.7 Å². The van der Waals surface area contributed by atoms with Crippen LogP contribution in [0.1, 0.15) is 15.2 Å². The molecule has 0 spiro atoms. The van der Waals surface area contributed by atoms with Crippen molar-refractivity contribution in [2.45, 2.75) is 6.92 Å². The summed E-state index contributed by atoms with van der Waals surface area (Å²) in [6.45, 7) is 5.43. The molecule has 0 bridgehead atoms. The van der Waals surface area contributed by atoms with Gasteiger partial charge in [-0.1, -0.05) is 65.4 Å². The van der Waals surface area contributed by atoms with Crippen molar-refractivity contribution in [3.63, 3.8) is 0 Å². The maximum absolute atomic E-state index is 12.8. The van der Waals surface area contributed by atoms with Crippen molar-refractivity contribution < 1.29 is 4.79 Å². The van der Waals surface area contributed by atoms with E-state index in [1.807, 2.05) is 49.4 Å². The Bertz CT molecular complexity index is 1350. The van der Waals surface area contributed by atoms with Gasteiger partial charge < -0.3 is 15.1 Å². The van der Waals surface area contributed by atoms with Crippen LogP contribution in [0.5, 0.6) is 0 Å². The Morgan fingerprint density at radius 1 is 1.00 bits per heavy atom. The number of likely N-dealkylation sites (N-methyl/N-ethyl adjacent to an activating group) is 1. The fraction of sp³-hybridized carbons (Fsp3) is 0.240. The van der Waals surface area contributed by atoms with Crippen molar-refractivity contribution in [2.75, 3.05) is 48.8 Å². The van der Waals surface area contributed by atoms with Gasteiger partial charge in [-0.25, -0.2) is 4.98 Å². The molecule has 0 unspecified atom stereocenters. The molecule has 2 aromatic heterocycles. The van der Waals surface area contributed by atoms with Gasteiger partial charge in [0.25, 0.3) is 5.91 Å². The molecule has 184 valence electrons. The van der Waals surface area contributed by atoms with Gasteiger partial charge >= 0.3 is 0 Å². The van der Waals surface area contributed by atoms with Gasteiger partial charge in [-0.05, 0) is 25.6 Å². The van der Waals surface area contributed by atoms with Crippen molar-refractivity contribution in [1.82, 2.24) is 24.8 Å². The van der Waals surface area contributed by atoms with Crippen molar-refractivity contribution in [2.24, 2.45) is 0 Å². The van der Waals surface area contributed by atoms with E-state index >= 15 is 0 Å². The summed E-state index contributed by atoms with van der Waals surface area (Å²) >= 11 is 7.47. The number of anilines is 4. The van der Waals surface area contributed by atoms with Crippen molar-refractivity contribution in [3.05, 3.63) is 70.2 Å². The number of para-hydroxylation sites is 1. The Morgan fingerprint density at radius 2 is 1.78 bits per heavy atom. The number of rotatable bonds is 6. The van der Waals surface area contributed by atoms with Crippen LogP contribution in [0.25, 0.3) is 11.4 Å². The molecule has 1 aliphatic heterocycles. The van der Waals surface area contributed by atoms with Gasteiger partial charge in [0.15, 0.2) is 11.0 Å². The molecule has 5 rings (SSSR count). The fourth-order valence-corrected chi connectivity index (χ4v) is 4.76. The first-order valence-electron chi connectivity index (χ1n) is 11.5. The predicted octanol–water partition coefficient (Wildman–Crippen LogP) is 4.70. The van der Waals surface area contributed by atoms with E-state index < -0.39 is 0 Å². The number of nitrogens with one attached hydrogen (secondary N) is 2. The average Bonchev–Trinajstić information content (AvgIpc) is 3.35. The average molecular weight is 521 g/mol. The second-order valence-electron chi connectivity index (χ2n) is 8.48. The largest absolute Gasteiger partial charge is 0.338 e.